The summed E-state index contributed by atoms with van der Waals surface area (Å²) in [7, 11) is -1.51. The van der Waals surface area contributed by atoms with Gasteiger partial charge in [0.15, 0.2) is 0 Å². The zero-order chi connectivity index (χ0) is 14.6. The van der Waals surface area contributed by atoms with E-state index >= 15 is 0 Å². The number of sulfonamides is 1. The molecule has 2 rings (SSSR count). The van der Waals surface area contributed by atoms with Crippen LogP contribution in [0.1, 0.15) is 19.8 Å². The van der Waals surface area contributed by atoms with E-state index in [1.807, 2.05) is 14.0 Å². The number of aromatic nitrogens is 2. The molecule has 0 aromatic carbocycles. The molecule has 0 unspecified atom stereocenters. The molecule has 1 fully saturated rings. The van der Waals surface area contributed by atoms with E-state index in [1.165, 1.54) is 25.2 Å². The Morgan fingerprint density at radius 2 is 2.00 bits per heavy atom. The highest BCUT2D eigenvalue weighted by molar-refractivity contribution is 7.89. The summed E-state index contributed by atoms with van der Waals surface area (Å²) >= 11 is 0. The van der Waals surface area contributed by atoms with Crippen LogP contribution in [-0.4, -0.2) is 56.0 Å². The van der Waals surface area contributed by atoms with Crippen molar-refractivity contribution in [3.8, 4) is 0 Å². The summed E-state index contributed by atoms with van der Waals surface area (Å²) in [5, 5.41) is 2.92. The van der Waals surface area contributed by atoms with E-state index in [9.17, 15) is 8.42 Å². The first kappa shape index (κ1) is 15.1. The quantitative estimate of drug-likeness (QED) is 0.717. The first-order valence-corrected chi connectivity index (χ1v) is 8.27. The van der Waals surface area contributed by atoms with E-state index in [1.54, 1.807) is 0 Å². The molecule has 1 heterocycles. The molecule has 0 radical (unpaired) electrons. The SMILES string of the molecule is CCNc1ncc(S(=O)(=O)NCCN(C)C2CC2)cn1. The number of rotatable bonds is 8. The molecular weight excluding hydrogens is 278 g/mol. The largest absolute Gasteiger partial charge is 0.355 e. The molecule has 1 aliphatic rings. The lowest BCUT2D eigenvalue weighted by Gasteiger charge is -2.15. The minimum absolute atomic E-state index is 0.0910. The minimum atomic E-state index is -3.52. The Kier molecular flexibility index (Phi) is 4.90. The summed E-state index contributed by atoms with van der Waals surface area (Å²) in [6.07, 6.45) is 5.06. The maximum Gasteiger partial charge on any atom is 0.243 e. The van der Waals surface area contributed by atoms with Crippen molar-refractivity contribution in [2.45, 2.75) is 30.7 Å². The van der Waals surface area contributed by atoms with Crippen LogP contribution in [0.25, 0.3) is 0 Å². The van der Waals surface area contributed by atoms with Gasteiger partial charge in [0.2, 0.25) is 16.0 Å². The number of anilines is 1. The van der Waals surface area contributed by atoms with Gasteiger partial charge in [-0.05, 0) is 26.8 Å². The molecule has 1 aliphatic carbocycles. The monoisotopic (exact) mass is 299 g/mol. The number of nitrogens with one attached hydrogen (secondary N) is 2. The van der Waals surface area contributed by atoms with Crippen molar-refractivity contribution in [2.75, 3.05) is 32.0 Å². The van der Waals surface area contributed by atoms with Crippen LogP contribution in [0, 0.1) is 0 Å². The van der Waals surface area contributed by atoms with Crippen LogP contribution in [0.5, 0.6) is 0 Å². The molecule has 0 saturated heterocycles. The van der Waals surface area contributed by atoms with E-state index in [-0.39, 0.29) is 4.90 Å². The molecule has 0 spiro atoms. The van der Waals surface area contributed by atoms with Crippen LogP contribution in [0.15, 0.2) is 17.3 Å². The number of likely N-dealkylation sites (N-methyl/N-ethyl adjacent to an activating group) is 1. The Hall–Kier alpha value is -1.25. The molecule has 112 valence electrons. The van der Waals surface area contributed by atoms with Gasteiger partial charge in [0.1, 0.15) is 4.90 Å². The van der Waals surface area contributed by atoms with Crippen LogP contribution in [0.3, 0.4) is 0 Å². The van der Waals surface area contributed by atoms with Crippen molar-refractivity contribution in [3.05, 3.63) is 12.4 Å². The second-order valence-electron chi connectivity index (χ2n) is 4.88. The van der Waals surface area contributed by atoms with Gasteiger partial charge in [-0.15, -0.1) is 0 Å². The molecule has 0 atom stereocenters. The molecule has 1 aromatic heterocycles. The fourth-order valence-electron chi connectivity index (χ4n) is 1.84. The Morgan fingerprint density at radius 1 is 1.35 bits per heavy atom. The maximum absolute atomic E-state index is 12.0. The molecular formula is C12H21N5O2S. The maximum atomic E-state index is 12.0. The highest BCUT2D eigenvalue weighted by Crippen LogP contribution is 2.24. The average Bonchev–Trinajstić information content (AvgIpc) is 3.24. The summed E-state index contributed by atoms with van der Waals surface area (Å²) in [5.41, 5.74) is 0. The highest BCUT2D eigenvalue weighted by Gasteiger charge is 2.26. The standard InChI is InChI=1S/C12H21N5O2S/c1-3-13-12-14-8-11(9-15-12)20(18,19)16-6-7-17(2)10-4-5-10/h8-10,16H,3-7H2,1-2H3,(H,13,14,15). The van der Waals surface area contributed by atoms with Gasteiger partial charge >= 0.3 is 0 Å². The lowest BCUT2D eigenvalue weighted by Crippen LogP contribution is -2.34. The Morgan fingerprint density at radius 3 is 2.55 bits per heavy atom. The molecule has 0 amide bonds. The van der Waals surface area contributed by atoms with E-state index < -0.39 is 10.0 Å². The Labute approximate surface area is 119 Å². The molecule has 1 aromatic rings. The van der Waals surface area contributed by atoms with Crippen LogP contribution in [0.2, 0.25) is 0 Å². The lowest BCUT2D eigenvalue weighted by atomic mass is 10.5. The summed E-state index contributed by atoms with van der Waals surface area (Å²) in [6, 6.07) is 0.627. The molecule has 8 heteroatoms. The summed E-state index contributed by atoms with van der Waals surface area (Å²) in [4.78, 5) is 10.2. The van der Waals surface area contributed by atoms with Crippen molar-refractivity contribution in [1.29, 1.82) is 0 Å². The van der Waals surface area contributed by atoms with Gasteiger partial charge in [-0.25, -0.2) is 23.1 Å². The first-order valence-electron chi connectivity index (χ1n) is 6.78. The third kappa shape index (κ3) is 4.12. The topological polar surface area (TPSA) is 87.2 Å². The Balaban J connectivity index is 1.88. The van der Waals surface area contributed by atoms with Crippen molar-refractivity contribution < 1.29 is 8.42 Å². The van der Waals surface area contributed by atoms with E-state index in [0.29, 0.717) is 31.6 Å². The molecule has 2 N–H and O–H groups in total. The van der Waals surface area contributed by atoms with E-state index in [2.05, 4.69) is 24.9 Å². The van der Waals surface area contributed by atoms with Crippen LogP contribution in [-0.2, 0) is 10.0 Å². The zero-order valence-electron chi connectivity index (χ0n) is 11.8. The van der Waals surface area contributed by atoms with Crippen LogP contribution < -0.4 is 10.0 Å². The van der Waals surface area contributed by atoms with Gasteiger partial charge in [-0.2, -0.15) is 0 Å². The van der Waals surface area contributed by atoms with Crippen molar-refractivity contribution in [2.24, 2.45) is 0 Å². The van der Waals surface area contributed by atoms with Gasteiger partial charge in [0.25, 0.3) is 0 Å². The van der Waals surface area contributed by atoms with E-state index in [0.717, 1.165) is 0 Å². The number of nitrogens with zero attached hydrogens (tertiary/aromatic N) is 3. The Bertz CT molecular complexity index is 527. The fraction of sp³-hybridized carbons (Fsp3) is 0.667. The summed E-state index contributed by atoms with van der Waals surface area (Å²) < 4.78 is 26.6. The predicted molar refractivity (Wildman–Crippen MR) is 77.0 cm³/mol. The van der Waals surface area contributed by atoms with Gasteiger partial charge in [-0.3, -0.25) is 0 Å². The van der Waals surface area contributed by atoms with Crippen molar-refractivity contribution in [3.63, 3.8) is 0 Å². The summed E-state index contributed by atoms with van der Waals surface area (Å²) in [6.45, 7) is 3.72. The normalized spacial score (nSPS) is 15.6. The molecule has 7 nitrogen and oxygen atoms in total. The molecule has 0 aliphatic heterocycles. The number of hydrogen-bond acceptors (Lipinski definition) is 6. The number of hydrogen-bond donors (Lipinski definition) is 2. The minimum Gasteiger partial charge on any atom is -0.355 e. The predicted octanol–water partition coefficient (Wildman–Crippen LogP) is 0.281. The highest BCUT2D eigenvalue weighted by atomic mass is 32.2. The molecule has 1 saturated carbocycles. The van der Waals surface area contributed by atoms with Gasteiger partial charge in [0, 0.05) is 25.7 Å². The second kappa shape index (κ2) is 6.47. The second-order valence-corrected chi connectivity index (χ2v) is 6.65. The third-order valence-corrected chi connectivity index (χ3v) is 4.62. The fourth-order valence-corrected chi connectivity index (χ4v) is 2.75. The lowest BCUT2D eigenvalue weighted by molar-refractivity contribution is 0.329. The van der Waals surface area contributed by atoms with Crippen molar-refractivity contribution >= 4 is 16.0 Å². The summed E-state index contributed by atoms with van der Waals surface area (Å²) in [5.74, 6) is 0.430. The van der Waals surface area contributed by atoms with E-state index in [4.69, 9.17) is 0 Å². The first-order chi connectivity index (χ1) is 9.53. The van der Waals surface area contributed by atoms with Crippen LogP contribution in [0.4, 0.5) is 5.95 Å². The van der Waals surface area contributed by atoms with Crippen molar-refractivity contribution in [1.82, 2.24) is 19.6 Å². The average molecular weight is 299 g/mol. The van der Waals surface area contributed by atoms with Gasteiger partial charge in [-0.1, -0.05) is 0 Å². The molecule has 20 heavy (non-hydrogen) atoms. The van der Waals surface area contributed by atoms with Gasteiger partial charge < -0.3 is 10.2 Å². The third-order valence-electron chi connectivity index (χ3n) is 3.20. The van der Waals surface area contributed by atoms with Crippen LogP contribution >= 0.6 is 0 Å². The molecule has 0 bridgehead atoms. The zero-order valence-corrected chi connectivity index (χ0v) is 12.7. The van der Waals surface area contributed by atoms with Gasteiger partial charge in [0.05, 0.1) is 12.4 Å². The smallest absolute Gasteiger partial charge is 0.243 e.